The zero-order valence-corrected chi connectivity index (χ0v) is 22.0. The summed E-state index contributed by atoms with van der Waals surface area (Å²) < 4.78 is 7.42. The molecule has 2 aromatic rings. The van der Waals surface area contributed by atoms with Crippen LogP contribution in [0.5, 0.6) is 0 Å². The van der Waals surface area contributed by atoms with E-state index in [2.05, 4.69) is 65.0 Å². The molecule has 0 radical (unpaired) electrons. The highest BCUT2D eigenvalue weighted by molar-refractivity contribution is 14.0. The van der Waals surface area contributed by atoms with Crippen molar-refractivity contribution in [2.75, 3.05) is 26.3 Å². The maximum absolute atomic E-state index is 5.45. The minimum Gasteiger partial charge on any atom is -0.382 e. The topological polar surface area (TPSA) is 76.4 Å². The van der Waals surface area contributed by atoms with Gasteiger partial charge in [-0.1, -0.05) is 44.2 Å². The number of benzene rings is 1. The monoisotopic (exact) mass is 542 g/mol. The zero-order chi connectivity index (χ0) is 21.8. The van der Waals surface area contributed by atoms with Crippen molar-refractivity contribution in [3.05, 3.63) is 47.5 Å². The van der Waals surface area contributed by atoms with Gasteiger partial charge in [0.05, 0.1) is 0 Å². The van der Waals surface area contributed by atoms with Crippen molar-refractivity contribution in [1.82, 2.24) is 25.4 Å². The van der Waals surface area contributed by atoms with Gasteiger partial charge in [-0.05, 0) is 38.7 Å². The summed E-state index contributed by atoms with van der Waals surface area (Å²) in [5.41, 5.74) is 1.43. The Morgan fingerprint density at radius 3 is 2.39 bits per heavy atom. The lowest BCUT2D eigenvalue weighted by molar-refractivity contribution is 0.145. The molecule has 1 aromatic heterocycles. The first-order valence-corrected chi connectivity index (χ1v) is 11.1. The molecule has 0 saturated carbocycles. The second-order valence-corrected chi connectivity index (χ2v) is 7.57. The lowest BCUT2D eigenvalue weighted by atomic mass is 9.76. The quantitative estimate of drug-likeness (QED) is 0.184. The van der Waals surface area contributed by atoms with Crippen molar-refractivity contribution in [1.29, 1.82) is 0 Å². The van der Waals surface area contributed by atoms with Crippen LogP contribution in [-0.4, -0.2) is 47.0 Å². The number of ether oxygens (including phenoxy) is 1. The number of hydrogen-bond donors (Lipinski definition) is 2. The van der Waals surface area contributed by atoms with Crippen molar-refractivity contribution in [3.63, 3.8) is 0 Å². The Morgan fingerprint density at radius 1 is 1.10 bits per heavy atom. The van der Waals surface area contributed by atoms with Crippen molar-refractivity contribution in [2.24, 2.45) is 12.0 Å². The first-order chi connectivity index (χ1) is 14.6. The zero-order valence-electron chi connectivity index (χ0n) is 19.6. The summed E-state index contributed by atoms with van der Waals surface area (Å²) in [4.78, 5) is 4.78. The average Bonchev–Trinajstić information content (AvgIpc) is 3.10. The Morgan fingerprint density at radius 2 is 1.81 bits per heavy atom. The molecule has 0 saturated heterocycles. The van der Waals surface area contributed by atoms with Gasteiger partial charge in [-0.15, -0.1) is 34.2 Å². The minimum absolute atomic E-state index is 0. The minimum atomic E-state index is 0. The van der Waals surface area contributed by atoms with E-state index >= 15 is 0 Å². The molecule has 0 aliphatic heterocycles. The van der Waals surface area contributed by atoms with Crippen LogP contribution in [0.4, 0.5) is 0 Å². The first-order valence-electron chi connectivity index (χ1n) is 11.1. The maximum atomic E-state index is 5.45. The van der Waals surface area contributed by atoms with Crippen LogP contribution in [0, 0.1) is 6.92 Å². The van der Waals surface area contributed by atoms with E-state index < -0.39 is 0 Å². The van der Waals surface area contributed by atoms with Gasteiger partial charge >= 0.3 is 0 Å². The van der Waals surface area contributed by atoms with Gasteiger partial charge in [0, 0.05) is 38.8 Å². The Hall–Kier alpha value is -1.68. The van der Waals surface area contributed by atoms with Crippen LogP contribution in [0.25, 0.3) is 0 Å². The fraction of sp³-hybridized carbons (Fsp3) is 0.609. The van der Waals surface area contributed by atoms with E-state index in [1.54, 1.807) is 0 Å². The van der Waals surface area contributed by atoms with E-state index in [0.29, 0.717) is 6.54 Å². The predicted octanol–water partition coefficient (Wildman–Crippen LogP) is 3.96. The molecule has 0 aliphatic carbocycles. The highest BCUT2D eigenvalue weighted by Crippen LogP contribution is 2.30. The molecule has 0 unspecified atom stereocenters. The largest absolute Gasteiger partial charge is 0.382 e. The molecule has 0 amide bonds. The van der Waals surface area contributed by atoms with Crippen LogP contribution in [0.2, 0.25) is 0 Å². The summed E-state index contributed by atoms with van der Waals surface area (Å²) in [5.74, 6) is 2.54. The second kappa shape index (κ2) is 14.4. The number of guanidine groups is 1. The van der Waals surface area contributed by atoms with Crippen LogP contribution in [-0.2, 0) is 23.7 Å². The van der Waals surface area contributed by atoms with Crippen LogP contribution in [0.3, 0.4) is 0 Å². The van der Waals surface area contributed by atoms with Gasteiger partial charge in [0.15, 0.2) is 11.8 Å². The van der Waals surface area contributed by atoms with Crippen LogP contribution >= 0.6 is 24.0 Å². The number of hydrogen-bond acceptors (Lipinski definition) is 4. The van der Waals surface area contributed by atoms with Crippen LogP contribution in [0.15, 0.2) is 35.3 Å². The third-order valence-electron chi connectivity index (χ3n) is 5.86. The third kappa shape index (κ3) is 8.07. The molecule has 7 nitrogen and oxygen atoms in total. The molecule has 174 valence electrons. The van der Waals surface area contributed by atoms with E-state index in [-0.39, 0.29) is 29.4 Å². The van der Waals surface area contributed by atoms with Crippen LogP contribution < -0.4 is 10.6 Å². The molecule has 31 heavy (non-hydrogen) atoms. The highest BCUT2D eigenvalue weighted by Gasteiger charge is 2.28. The summed E-state index contributed by atoms with van der Waals surface area (Å²) in [7, 11) is 1.97. The fourth-order valence-electron chi connectivity index (χ4n) is 3.49. The number of aryl methyl sites for hydroxylation is 1. The summed E-state index contributed by atoms with van der Waals surface area (Å²) >= 11 is 0. The smallest absolute Gasteiger partial charge is 0.191 e. The fourth-order valence-corrected chi connectivity index (χ4v) is 3.49. The van der Waals surface area contributed by atoms with Gasteiger partial charge in [-0.25, -0.2) is 4.99 Å². The molecule has 0 aliphatic rings. The standard InChI is InChI=1S/C23H38N6O.HI/c1-6-23(7-2,20-13-10-9-11-14-20)18-26-22(24-15-12-16-30-8-3)25-17-21-28-27-19(4)29(21)5;/h9-11,13-14H,6-8,12,15-18H2,1-5H3,(H2,24,25,26);1H. The lowest BCUT2D eigenvalue weighted by Crippen LogP contribution is -2.45. The number of halogens is 1. The van der Waals surface area contributed by atoms with E-state index in [4.69, 9.17) is 9.73 Å². The summed E-state index contributed by atoms with van der Waals surface area (Å²) in [6, 6.07) is 10.8. The lowest BCUT2D eigenvalue weighted by Gasteiger charge is -2.33. The Kier molecular flexibility index (Phi) is 12.7. The third-order valence-corrected chi connectivity index (χ3v) is 5.86. The number of nitrogens with zero attached hydrogens (tertiary/aromatic N) is 4. The van der Waals surface area contributed by atoms with Crippen molar-refractivity contribution in [2.45, 2.75) is 58.9 Å². The van der Waals surface area contributed by atoms with Crippen molar-refractivity contribution >= 4 is 29.9 Å². The van der Waals surface area contributed by atoms with Gasteiger partial charge in [-0.3, -0.25) is 0 Å². The Balaban J connectivity index is 0.00000480. The molecule has 8 heteroatoms. The number of aliphatic imine (C=N–C) groups is 1. The molecular weight excluding hydrogens is 503 g/mol. The normalized spacial score (nSPS) is 11.8. The van der Waals surface area contributed by atoms with Gasteiger partial charge in [0.2, 0.25) is 0 Å². The van der Waals surface area contributed by atoms with E-state index in [1.165, 1.54) is 5.56 Å². The van der Waals surface area contributed by atoms with Crippen molar-refractivity contribution < 1.29 is 4.74 Å². The van der Waals surface area contributed by atoms with Gasteiger partial charge in [0.1, 0.15) is 12.4 Å². The van der Waals surface area contributed by atoms with E-state index in [9.17, 15) is 0 Å². The molecule has 0 spiro atoms. The van der Waals surface area contributed by atoms with Crippen LogP contribution in [0.1, 0.15) is 57.2 Å². The summed E-state index contributed by atoms with van der Waals surface area (Å²) in [6.07, 6.45) is 3.05. The average molecular weight is 543 g/mol. The molecule has 1 heterocycles. The van der Waals surface area contributed by atoms with E-state index in [1.807, 2.05) is 25.5 Å². The van der Waals surface area contributed by atoms with Crippen molar-refractivity contribution in [3.8, 4) is 0 Å². The van der Waals surface area contributed by atoms with Gasteiger partial charge in [0.25, 0.3) is 0 Å². The molecule has 0 atom stereocenters. The molecular formula is C23H39IN6O. The van der Waals surface area contributed by atoms with E-state index in [0.717, 1.165) is 63.2 Å². The Bertz CT molecular complexity index is 774. The SMILES string of the molecule is CCOCCCNC(=NCc1nnc(C)n1C)NCC(CC)(CC)c1ccccc1.I. The molecule has 2 N–H and O–H groups in total. The van der Waals surface area contributed by atoms with Gasteiger partial charge < -0.3 is 19.9 Å². The summed E-state index contributed by atoms with van der Waals surface area (Å²) in [6.45, 7) is 12.1. The maximum Gasteiger partial charge on any atom is 0.191 e. The van der Waals surface area contributed by atoms with Gasteiger partial charge in [-0.2, -0.15) is 0 Å². The molecule has 0 fully saturated rings. The number of aromatic nitrogens is 3. The Labute approximate surface area is 204 Å². The molecule has 1 aromatic carbocycles. The molecule has 2 rings (SSSR count). The molecule has 0 bridgehead atoms. The predicted molar refractivity (Wildman–Crippen MR) is 138 cm³/mol. The summed E-state index contributed by atoms with van der Waals surface area (Å²) in [5, 5.41) is 15.4. The number of rotatable bonds is 12. The first kappa shape index (κ1) is 27.4. The highest BCUT2D eigenvalue weighted by atomic mass is 127. The second-order valence-electron chi connectivity index (χ2n) is 7.57. The number of nitrogens with one attached hydrogen (secondary N) is 2.